The van der Waals surface area contributed by atoms with E-state index in [1.807, 2.05) is 13.0 Å². The molecule has 1 saturated heterocycles. The molecule has 3 heterocycles. The van der Waals surface area contributed by atoms with E-state index in [9.17, 15) is 9.18 Å². The fraction of sp³-hybridized carbons (Fsp3) is 0.231. The zero-order valence-corrected chi connectivity index (χ0v) is 18.3. The average molecular weight is 445 g/mol. The van der Waals surface area contributed by atoms with Crippen molar-refractivity contribution in [2.24, 2.45) is 0 Å². The second kappa shape index (κ2) is 9.03. The average Bonchev–Trinajstić information content (AvgIpc) is 3.28. The van der Waals surface area contributed by atoms with E-state index in [0.29, 0.717) is 16.8 Å². The number of H-pyrrole nitrogens is 1. The Morgan fingerprint density at radius 2 is 1.91 bits per heavy atom. The number of anilines is 1. The molecule has 33 heavy (non-hydrogen) atoms. The van der Waals surface area contributed by atoms with Gasteiger partial charge in [-0.3, -0.25) is 4.79 Å². The van der Waals surface area contributed by atoms with Crippen LogP contribution in [0.4, 0.5) is 10.1 Å². The van der Waals surface area contributed by atoms with Crippen LogP contribution in [-0.2, 0) is 4.74 Å². The van der Waals surface area contributed by atoms with Gasteiger partial charge in [0.05, 0.1) is 24.8 Å². The summed E-state index contributed by atoms with van der Waals surface area (Å²) in [6.45, 7) is 5.11. The van der Waals surface area contributed by atoms with E-state index in [2.05, 4.69) is 44.5 Å². The van der Waals surface area contributed by atoms with Crippen molar-refractivity contribution in [2.75, 3.05) is 31.2 Å². The highest BCUT2D eigenvalue weighted by Gasteiger charge is 2.17. The normalized spacial score (nSPS) is 14.9. The Balaban J connectivity index is 1.38. The van der Waals surface area contributed by atoms with E-state index in [1.165, 1.54) is 17.8 Å². The van der Waals surface area contributed by atoms with Gasteiger partial charge in [0.2, 0.25) is 0 Å². The number of morpholine rings is 1. The predicted octanol–water partition coefficient (Wildman–Crippen LogP) is 4.70. The van der Waals surface area contributed by atoms with Gasteiger partial charge in [0.25, 0.3) is 5.91 Å². The number of fused-ring (bicyclic) bond motifs is 1. The van der Waals surface area contributed by atoms with Crippen molar-refractivity contribution in [2.45, 2.75) is 13.0 Å². The second-order valence-electron chi connectivity index (χ2n) is 8.22. The van der Waals surface area contributed by atoms with Crippen LogP contribution in [0.3, 0.4) is 0 Å². The maximum absolute atomic E-state index is 13.5. The first kappa shape index (κ1) is 21.2. The summed E-state index contributed by atoms with van der Waals surface area (Å²) in [6.07, 6.45) is 3.47. The molecule has 0 radical (unpaired) electrons. The number of nitrogens with zero attached hydrogens (tertiary/aromatic N) is 2. The fourth-order valence-electron chi connectivity index (χ4n) is 4.17. The van der Waals surface area contributed by atoms with Crippen LogP contribution in [0.1, 0.15) is 28.9 Å². The zero-order chi connectivity index (χ0) is 22.8. The maximum atomic E-state index is 13.5. The summed E-state index contributed by atoms with van der Waals surface area (Å²) >= 11 is 0. The minimum absolute atomic E-state index is 0.236. The molecule has 0 bridgehead atoms. The van der Waals surface area contributed by atoms with Gasteiger partial charge in [-0.05, 0) is 48.4 Å². The first-order chi connectivity index (χ1) is 16.1. The summed E-state index contributed by atoms with van der Waals surface area (Å²) in [7, 11) is 0. The van der Waals surface area contributed by atoms with Crippen LogP contribution in [-0.4, -0.2) is 42.2 Å². The number of aromatic amines is 1. The SMILES string of the molecule is CC(NC(=O)c1c[nH]c2ncc(-c3ccc(N4CCOCC4)cc3)cc12)c1cccc(F)c1. The molecule has 1 aliphatic heterocycles. The number of amides is 1. The van der Waals surface area contributed by atoms with Crippen LogP contribution in [0.15, 0.2) is 67.0 Å². The van der Waals surface area contributed by atoms with Crippen LogP contribution in [0, 0.1) is 5.82 Å². The summed E-state index contributed by atoms with van der Waals surface area (Å²) in [5.41, 5.74) is 5.00. The van der Waals surface area contributed by atoms with E-state index in [4.69, 9.17) is 4.74 Å². The number of ether oxygens (including phenoxy) is 1. The van der Waals surface area contributed by atoms with Gasteiger partial charge in [0.1, 0.15) is 11.5 Å². The van der Waals surface area contributed by atoms with Gasteiger partial charge in [-0.25, -0.2) is 9.37 Å². The Kier molecular flexibility index (Phi) is 5.79. The van der Waals surface area contributed by atoms with E-state index in [1.54, 1.807) is 24.5 Å². The molecule has 1 atom stereocenters. The third-order valence-electron chi connectivity index (χ3n) is 6.05. The smallest absolute Gasteiger partial charge is 0.253 e. The highest BCUT2D eigenvalue weighted by atomic mass is 19.1. The molecule has 6 nitrogen and oxygen atoms in total. The molecule has 7 heteroatoms. The Morgan fingerprint density at radius 1 is 1.12 bits per heavy atom. The quantitative estimate of drug-likeness (QED) is 0.468. The molecule has 168 valence electrons. The topological polar surface area (TPSA) is 70.2 Å². The number of benzene rings is 2. The van der Waals surface area contributed by atoms with Crippen LogP contribution < -0.4 is 10.2 Å². The lowest BCUT2D eigenvalue weighted by atomic mass is 10.0. The van der Waals surface area contributed by atoms with Crippen LogP contribution in [0.25, 0.3) is 22.2 Å². The largest absolute Gasteiger partial charge is 0.378 e. The summed E-state index contributed by atoms with van der Waals surface area (Å²) in [5.74, 6) is -0.561. The molecule has 0 saturated carbocycles. The van der Waals surface area contributed by atoms with Crippen LogP contribution in [0.5, 0.6) is 0 Å². The minimum atomic E-state index is -0.331. The number of aromatic nitrogens is 2. The Hall–Kier alpha value is -3.71. The van der Waals surface area contributed by atoms with Crippen molar-refractivity contribution >= 4 is 22.6 Å². The van der Waals surface area contributed by atoms with Gasteiger partial charge < -0.3 is 19.9 Å². The van der Waals surface area contributed by atoms with Crippen LogP contribution >= 0.6 is 0 Å². The number of hydrogen-bond acceptors (Lipinski definition) is 4. The van der Waals surface area contributed by atoms with E-state index in [-0.39, 0.29) is 17.8 Å². The number of nitrogens with one attached hydrogen (secondary N) is 2. The monoisotopic (exact) mass is 444 g/mol. The maximum Gasteiger partial charge on any atom is 0.253 e. The molecule has 0 spiro atoms. The Labute approximate surface area is 191 Å². The third-order valence-corrected chi connectivity index (χ3v) is 6.05. The second-order valence-corrected chi connectivity index (χ2v) is 8.22. The standard InChI is InChI=1S/C26H25FN4O2/c1-17(19-3-2-4-21(27)13-19)30-26(32)24-16-29-25-23(24)14-20(15-28-25)18-5-7-22(8-6-18)31-9-11-33-12-10-31/h2-8,13-17H,9-12H2,1H3,(H,28,29)(H,30,32). The number of rotatable bonds is 5. The molecule has 0 aliphatic carbocycles. The number of hydrogen-bond donors (Lipinski definition) is 2. The number of pyridine rings is 1. The zero-order valence-electron chi connectivity index (χ0n) is 18.3. The van der Waals surface area contributed by atoms with E-state index >= 15 is 0 Å². The first-order valence-electron chi connectivity index (χ1n) is 11.0. The third kappa shape index (κ3) is 4.45. The highest BCUT2D eigenvalue weighted by molar-refractivity contribution is 6.06. The number of carbonyl (C=O) groups excluding carboxylic acids is 1. The highest BCUT2D eigenvalue weighted by Crippen LogP contribution is 2.27. The lowest BCUT2D eigenvalue weighted by Crippen LogP contribution is -2.36. The molecule has 1 aliphatic rings. The lowest BCUT2D eigenvalue weighted by molar-refractivity contribution is 0.0941. The molecule has 4 aromatic rings. The Bertz CT molecular complexity index is 1280. The molecule has 1 fully saturated rings. The predicted molar refractivity (Wildman–Crippen MR) is 127 cm³/mol. The minimum Gasteiger partial charge on any atom is -0.378 e. The van der Waals surface area contributed by atoms with Crippen molar-refractivity contribution in [3.8, 4) is 11.1 Å². The van der Waals surface area contributed by atoms with Crippen molar-refractivity contribution in [1.29, 1.82) is 0 Å². The molecule has 2 N–H and O–H groups in total. The molecule has 5 rings (SSSR count). The summed E-state index contributed by atoms with van der Waals surface area (Å²) in [6, 6.07) is 16.3. The number of halogens is 1. The van der Waals surface area contributed by atoms with Gasteiger partial charge >= 0.3 is 0 Å². The van der Waals surface area contributed by atoms with E-state index < -0.39 is 0 Å². The first-order valence-corrected chi connectivity index (χ1v) is 11.0. The summed E-state index contributed by atoms with van der Waals surface area (Å²) in [4.78, 5) is 22.9. The van der Waals surface area contributed by atoms with Crippen molar-refractivity contribution < 1.29 is 13.9 Å². The molecule has 1 unspecified atom stereocenters. The molecular weight excluding hydrogens is 419 g/mol. The van der Waals surface area contributed by atoms with Gasteiger partial charge in [-0.15, -0.1) is 0 Å². The fourth-order valence-corrected chi connectivity index (χ4v) is 4.17. The van der Waals surface area contributed by atoms with Crippen molar-refractivity contribution in [3.63, 3.8) is 0 Å². The molecular formula is C26H25FN4O2. The van der Waals surface area contributed by atoms with Crippen LogP contribution in [0.2, 0.25) is 0 Å². The van der Waals surface area contributed by atoms with Crippen molar-refractivity contribution in [3.05, 3.63) is 83.9 Å². The molecule has 2 aromatic heterocycles. The molecule has 2 aromatic carbocycles. The van der Waals surface area contributed by atoms with Gasteiger partial charge in [-0.1, -0.05) is 24.3 Å². The number of carbonyl (C=O) groups is 1. The van der Waals surface area contributed by atoms with Gasteiger partial charge in [-0.2, -0.15) is 0 Å². The van der Waals surface area contributed by atoms with E-state index in [0.717, 1.165) is 42.8 Å². The van der Waals surface area contributed by atoms with Gasteiger partial charge in [0, 0.05) is 42.1 Å². The molecule has 1 amide bonds. The summed E-state index contributed by atoms with van der Waals surface area (Å²) in [5, 5.41) is 3.70. The van der Waals surface area contributed by atoms with Crippen molar-refractivity contribution in [1.82, 2.24) is 15.3 Å². The lowest BCUT2D eigenvalue weighted by Gasteiger charge is -2.28. The van der Waals surface area contributed by atoms with Gasteiger partial charge in [0.15, 0.2) is 0 Å². The Morgan fingerprint density at radius 3 is 2.67 bits per heavy atom. The summed E-state index contributed by atoms with van der Waals surface area (Å²) < 4.78 is 19.0.